The second-order valence-electron chi connectivity index (χ2n) is 6.82. The average molecular weight is 541 g/mol. The van der Waals surface area contributed by atoms with E-state index in [4.69, 9.17) is 14.2 Å². The fourth-order valence-corrected chi connectivity index (χ4v) is 2.98. The Morgan fingerprint density at radius 3 is 2.16 bits per heavy atom. The summed E-state index contributed by atoms with van der Waals surface area (Å²) in [6.45, 7) is 11.3. The van der Waals surface area contributed by atoms with Crippen LogP contribution in [0.25, 0.3) is 0 Å². The number of aliphatic imine (C=N–C) groups is 1. The van der Waals surface area contributed by atoms with Crippen molar-refractivity contribution in [2.24, 2.45) is 4.99 Å². The minimum absolute atomic E-state index is 0. The van der Waals surface area contributed by atoms with Gasteiger partial charge in [-0.2, -0.15) is 0 Å². The largest absolute Gasteiger partial charge is 0.490 e. The molecule has 2 rings (SSSR count). The average Bonchev–Trinajstić information content (AvgIpc) is 2.77. The lowest BCUT2D eigenvalue weighted by atomic mass is 10.1. The number of rotatable bonds is 11. The van der Waals surface area contributed by atoms with E-state index < -0.39 is 0 Å². The molecule has 0 spiro atoms. The molecule has 0 aliphatic heterocycles. The van der Waals surface area contributed by atoms with Gasteiger partial charge < -0.3 is 24.8 Å². The van der Waals surface area contributed by atoms with Gasteiger partial charge in [-0.25, -0.2) is 0 Å². The molecule has 2 N–H and O–H groups in total. The van der Waals surface area contributed by atoms with E-state index in [1.54, 1.807) is 7.05 Å². The Balaban J connectivity index is 0.00000480. The van der Waals surface area contributed by atoms with E-state index >= 15 is 0 Å². The SMILES string of the molecule is CCOCc1ccc(CNC(=NC)NC(C)c2ccc(OCC)c(OCC)c2)cc1.I. The van der Waals surface area contributed by atoms with Crippen LogP contribution in [0, 0.1) is 0 Å². The van der Waals surface area contributed by atoms with Crippen LogP contribution in [0.3, 0.4) is 0 Å². The van der Waals surface area contributed by atoms with Gasteiger partial charge in [0.05, 0.1) is 25.9 Å². The summed E-state index contributed by atoms with van der Waals surface area (Å²) in [6, 6.07) is 14.5. The number of benzene rings is 2. The molecule has 172 valence electrons. The van der Waals surface area contributed by atoms with Gasteiger partial charge in [0.2, 0.25) is 0 Å². The second kappa shape index (κ2) is 14.9. The predicted octanol–water partition coefficient (Wildman–Crippen LogP) is 5.06. The van der Waals surface area contributed by atoms with Gasteiger partial charge in [-0.15, -0.1) is 24.0 Å². The maximum atomic E-state index is 5.74. The van der Waals surface area contributed by atoms with Gasteiger partial charge in [-0.3, -0.25) is 4.99 Å². The fourth-order valence-electron chi connectivity index (χ4n) is 2.98. The third kappa shape index (κ3) is 8.95. The van der Waals surface area contributed by atoms with Crippen molar-refractivity contribution in [1.82, 2.24) is 10.6 Å². The molecular weight excluding hydrogens is 505 g/mol. The number of hydrogen-bond acceptors (Lipinski definition) is 4. The number of halogens is 1. The molecule has 1 atom stereocenters. The standard InChI is InChI=1S/C24H35N3O3.HI/c1-6-28-17-20-11-9-19(10-12-20)16-26-24(25-5)27-18(4)21-13-14-22(29-7-2)23(15-21)30-8-3;/h9-15,18H,6-8,16-17H2,1-5H3,(H2,25,26,27);1H. The number of ether oxygens (including phenoxy) is 3. The maximum absolute atomic E-state index is 5.74. The zero-order valence-corrected chi connectivity index (χ0v) is 21.6. The lowest BCUT2D eigenvalue weighted by molar-refractivity contribution is 0.134. The molecule has 0 saturated carbocycles. The molecule has 0 fully saturated rings. The summed E-state index contributed by atoms with van der Waals surface area (Å²) >= 11 is 0. The van der Waals surface area contributed by atoms with Crippen molar-refractivity contribution in [3.63, 3.8) is 0 Å². The van der Waals surface area contributed by atoms with Crippen LogP contribution in [0.2, 0.25) is 0 Å². The van der Waals surface area contributed by atoms with Crippen LogP contribution >= 0.6 is 24.0 Å². The van der Waals surface area contributed by atoms with Crippen molar-refractivity contribution >= 4 is 29.9 Å². The lowest BCUT2D eigenvalue weighted by Gasteiger charge is -2.20. The molecule has 0 bridgehead atoms. The van der Waals surface area contributed by atoms with Gasteiger partial charge in [0.25, 0.3) is 0 Å². The number of guanidine groups is 1. The summed E-state index contributed by atoms with van der Waals surface area (Å²) in [5.41, 5.74) is 3.47. The first kappa shape index (κ1) is 27.0. The summed E-state index contributed by atoms with van der Waals surface area (Å²) in [5.74, 6) is 2.28. The topological polar surface area (TPSA) is 64.1 Å². The monoisotopic (exact) mass is 541 g/mol. The van der Waals surface area contributed by atoms with Crippen molar-refractivity contribution in [2.75, 3.05) is 26.9 Å². The highest BCUT2D eigenvalue weighted by molar-refractivity contribution is 14.0. The number of nitrogens with zero attached hydrogens (tertiary/aromatic N) is 1. The zero-order chi connectivity index (χ0) is 21.8. The molecule has 0 heterocycles. The molecule has 0 aliphatic carbocycles. The molecule has 6 nitrogen and oxygen atoms in total. The Kier molecular flexibility index (Phi) is 13.0. The summed E-state index contributed by atoms with van der Waals surface area (Å²) in [5, 5.41) is 6.81. The highest BCUT2D eigenvalue weighted by Crippen LogP contribution is 2.30. The van der Waals surface area contributed by atoms with Gasteiger partial charge in [-0.1, -0.05) is 30.3 Å². The lowest BCUT2D eigenvalue weighted by Crippen LogP contribution is -2.38. The normalized spacial score (nSPS) is 12.0. The highest BCUT2D eigenvalue weighted by atomic mass is 127. The molecule has 2 aromatic rings. The summed E-state index contributed by atoms with van der Waals surface area (Å²) in [7, 11) is 1.77. The molecule has 31 heavy (non-hydrogen) atoms. The first-order valence-electron chi connectivity index (χ1n) is 10.6. The van der Waals surface area contributed by atoms with E-state index in [9.17, 15) is 0 Å². The van der Waals surface area contributed by atoms with Crippen LogP contribution in [0.5, 0.6) is 11.5 Å². The van der Waals surface area contributed by atoms with Gasteiger partial charge in [0.1, 0.15) is 0 Å². The zero-order valence-electron chi connectivity index (χ0n) is 19.2. The van der Waals surface area contributed by atoms with Gasteiger partial charge in [0.15, 0.2) is 17.5 Å². The Hall–Kier alpha value is -2.00. The third-order valence-electron chi connectivity index (χ3n) is 4.60. The van der Waals surface area contributed by atoms with Crippen molar-refractivity contribution in [2.45, 2.75) is 46.9 Å². The summed E-state index contributed by atoms with van der Waals surface area (Å²) in [4.78, 5) is 4.35. The van der Waals surface area contributed by atoms with E-state index in [0.29, 0.717) is 26.4 Å². The molecule has 7 heteroatoms. The van der Waals surface area contributed by atoms with Crippen LogP contribution in [0.15, 0.2) is 47.5 Å². The van der Waals surface area contributed by atoms with E-state index in [2.05, 4.69) is 52.9 Å². The molecule has 0 aromatic heterocycles. The fraction of sp³-hybridized carbons (Fsp3) is 0.458. The van der Waals surface area contributed by atoms with E-state index in [1.807, 2.05) is 32.9 Å². The van der Waals surface area contributed by atoms with Crippen molar-refractivity contribution < 1.29 is 14.2 Å². The maximum Gasteiger partial charge on any atom is 0.191 e. The van der Waals surface area contributed by atoms with E-state index in [0.717, 1.165) is 29.6 Å². The summed E-state index contributed by atoms with van der Waals surface area (Å²) in [6.07, 6.45) is 0. The summed E-state index contributed by atoms with van der Waals surface area (Å²) < 4.78 is 16.8. The van der Waals surface area contributed by atoms with Crippen LogP contribution in [0.4, 0.5) is 0 Å². The predicted molar refractivity (Wildman–Crippen MR) is 138 cm³/mol. The van der Waals surface area contributed by atoms with Crippen molar-refractivity contribution in [3.05, 3.63) is 59.2 Å². The first-order valence-corrected chi connectivity index (χ1v) is 10.6. The van der Waals surface area contributed by atoms with Gasteiger partial charge in [0, 0.05) is 20.2 Å². The Labute approximate surface area is 203 Å². The molecule has 1 unspecified atom stereocenters. The molecule has 0 amide bonds. The second-order valence-corrected chi connectivity index (χ2v) is 6.82. The highest BCUT2D eigenvalue weighted by Gasteiger charge is 2.12. The van der Waals surface area contributed by atoms with E-state index in [-0.39, 0.29) is 30.0 Å². The van der Waals surface area contributed by atoms with Crippen LogP contribution in [-0.4, -0.2) is 32.8 Å². The molecule has 0 saturated heterocycles. The first-order chi connectivity index (χ1) is 14.6. The Bertz CT molecular complexity index is 797. The molecule has 2 aromatic carbocycles. The number of nitrogens with one attached hydrogen (secondary N) is 2. The molecule has 0 radical (unpaired) electrons. The number of hydrogen-bond donors (Lipinski definition) is 2. The quantitative estimate of drug-likeness (QED) is 0.237. The minimum atomic E-state index is 0. The Morgan fingerprint density at radius 2 is 1.55 bits per heavy atom. The smallest absolute Gasteiger partial charge is 0.191 e. The third-order valence-corrected chi connectivity index (χ3v) is 4.60. The molecule has 0 aliphatic rings. The van der Waals surface area contributed by atoms with Crippen LogP contribution < -0.4 is 20.1 Å². The minimum Gasteiger partial charge on any atom is -0.490 e. The van der Waals surface area contributed by atoms with Gasteiger partial charge >= 0.3 is 0 Å². The van der Waals surface area contributed by atoms with Crippen LogP contribution in [-0.2, 0) is 17.9 Å². The van der Waals surface area contributed by atoms with Crippen molar-refractivity contribution in [3.8, 4) is 11.5 Å². The van der Waals surface area contributed by atoms with Crippen LogP contribution in [0.1, 0.15) is 50.4 Å². The van der Waals surface area contributed by atoms with E-state index in [1.165, 1.54) is 11.1 Å². The Morgan fingerprint density at radius 1 is 0.903 bits per heavy atom. The molecular formula is C24H36IN3O3. The van der Waals surface area contributed by atoms with Crippen molar-refractivity contribution in [1.29, 1.82) is 0 Å². The van der Waals surface area contributed by atoms with Gasteiger partial charge in [-0.05, 0) is 56.5 Å².